The molecule has 6 heteroatoms. The van der Waals surface area contributed by atoms with E-state index in [1.54, 1.807) is 19.0 Å². The van der Waals surface area contributed by atoms with Gasteiger partial charge >= 0.3 is 0 Å². The fourth-order valence-electron chi connectivity index (χ4n) is 3.59. The number of amides is 2. The quantitative estimate of drug-likeness (QED) is 0.839. The summed E-state index contributed by atoms with van der Waals surface area (Å²) in [6, 6.07) is 7.83. The summed E-state index contributed by atoms with van der Waals surface area (Å²) in [7, 11) is 3.46. The van der Waals surface area contributed by atoms with Crippen LogP contribution in [0, 0.1) is 0 Å². The van der Waals surface area contributed by atoms with Crippen molar-refractivity contribution in [2.45, 2.75) is 44.4 Å². The van der Waals surface area contributed by atoms with Crippen LogP contribution in [0.3, 0.4) is 0 Å². The Morgan fingerprint density at radius 1 is 1.15 bits per heavy atom. The molecule has 0 aliphatic carbocycles. The Balaban J connectivity index is 1.44. The Bertz CT molecular complexity index is 624. The Kier molecular flexibility index (Phi) is 6.27. The Labute approximate surface area is 155 Å². The molecule has 0 bridgehead atoms. The number of hydrogen-bond donors (Lipinski definition) is 1. The number of likely N-dealkylation sites (N-methyl/N-ethyl adjacent to an activating group) is 1. The Morgan fingerprint density at radius 2 is 1.85 bits per heavy atom. The average molecular weight is 359 g/mol. The van der Waals surface area contributed by atoms with E-state index in [-0.39, 0.29) is 24.0 Å². The lowest BCUT2D eigenvalue weighted by Crippen LogP contribution is -2.36. The third-order valence-corrected chi connectivity index (χ3v) is 5.14. The smallest absolute Gasteiger partial charge is 0.251 e. The highest BCUT2D eigenvalue weighted by molar-refractivity contribution is 5.94. The Hall–Kier alpha value is -1.92. The summed E-state index contributed by atoms with van der Waals surface area (Å²) < 4.78 is 5.75. The van der Waals surface area contributed by atoms with Crippen LogP contribution in [0.15, 0.2) is 24.3 Å². The molecule has 2 amide bonds. The highest BCUT2D eigenvalue weighted by atomic mass is 16.5. The number of hydrogen-bond acceptors (Lipinski definition) is 4. The number of rotatable bonds is 6. The minimum Gasteiger partial charge on any atom is -0.363 e. The maximum Gasteiger partial charge on any atom is 0.251 e. The lowest BCUT2D eigenvalue weighted by atomic mass is 10.1. The van der Waals surface area contributed by atoms with E-state index >= 15 is 0 Å². The van der Waals surface area contributed by atoms with Crippen molar-refractivity contribution in [2.75, 3.05) is 33.7 Å². The molecule has 2 fully saturated rings. The van der Waals surface area contributed by atoms with Gasteiger partial charge in [0.25, 0.3) is 11.8 Å². The zero-order valence-corrected chi connectivity index (χ0v) is 15.7. The molecule has 2 atom stereocenters. The first kappa shape index (κ1) is 18.9. The molecule has 2 saturated heterocycles. The summed E-state index contributed by atoms with van der Waals surface area (Å²) in [6.07, 6.45) is 3.59. The van der Waals surface area contributed by atoms with Crippen molar-refractivity contribution in [3.8, 4) is 0 Å². The van der Waals surface area contributed by atoms with Gasteiger partial charge in [-0.1, -0.05) is 12.1 Å². The average Bonchev–Trinajstić information content (AvgIpc) is 3.31. The van der Waals surface area contributed by atoms with Gasteiger partial charge in [-0.25, -0.2) is 0 Å². The normalized spacial score (nSPS) is 23.2. The molecule has 2 unspecified atom stereocenters. The number of nitrogens with zero attached hydrogens (tertiary/aromatic N) is 2. The molecule has 2 aliphatic rings. The number of ether oxygens (including phenoxy) is 1. The predicted octanol–water partition coefficient (Wildman–Crippen LogP) is 1.65. The van der Waals surface area contributed by atoms with Gasteiger partial charge in [0.15, 0.2) is 0 Å². The van der Waals surface area contributed by atoms with Gasteiger partial charge in [0.1, 0.15) is 6.10 Å². The maximum absolute atomic E-state index is 12.3. The summed E-state index contributed by atoms with van der Waals surface area (Å²) >= 11 is 0. The highest BCUT2D eigenvalue weighted by Gasteiger charge is 2.31. The van der Waals surface area contributed by atoms with Crippen molar-refractivity contribution < 1.29 is 14.3 Å². The summed E-state index contributed by atoms with van der Waals surface area (Å²) in [5.74, 6) is -0.101. The largest absolute Gasteiger partial charge is 0.363 e. The second-order valence-electron chi connectivity index (χ2n) is 7.45. The van der Waals surface area contributed by atoms with Crippen LogP contribution in [0.1, 0.15) is 41.6 Å². The van der Waals surface area contributed by atoms with Crippen LogP contribution in [-0.4, -0.2) is 67.6 Å². The van der Waals surface area contributed by atoms with E-state index in [1.165, 1.54) is 31.5 Å². The zero-order valence-electron chi connectivity index (χ0n) is 15.7. The van der Waals surface area contributed by atoms with Crippen molar-refractivity contribution in [3.05, 3.63) is 35.4 Å². The second-order valence-corrected chi connectivity index (χ2v) is 7.45. The van der Waals surface area contributed by atoms with Gasteiger partial charge in [0, 0.05) is 32.7 Å². The molecule has 2 aliphatic heterocycles. The lowest BCUT2D eigenvalue weighted by molar-refractivity contribution is -0.140. The fraction of sp³-hybridized carbons (Fsp3) is 0.600. The summed E-state index contributed by atoms with van der Waals surface area (Å²) in [4.78, 5) is 28.2. The molecule has 142 valence electrons. The van der Waals surface area contributed by atoms with E-state index in [1.807, 2.05) is 24.3 Å². The first-order valence-corrected chi connectivity index (χ1v) is 9.49. The second kappa shape index (κ2) is 8.64. The minimum atomic E-state index is -0.378. The summed E-state index contributed by atoms with van der Waals surface area (Å²) in [6.45, 7) is 3.73. The monoisotopic (exact) mass is 359 g/mol. The standard InChI is InChI=1S/C20H29N3O3/c1-22(2)20(25)18-10-9-17(26-18)13-21-19(24)16-7-5-15(6-8-16)14-23-11-3-4-12-23/h5-8,17-18H,3-4,9-14H2,1-2H3,(H,21,24). The number of carbonyl (C=O) groups excluding carboxylic acids is 2. The number of benzene rings is 1. The van der Waals surface area contributed by atoms with Crippen molar-refractivity contribution in [1.82, 2.24) is 15.1 Å². The molecule has 0 spiro atoms. The fourth-order valence-corrected chi connectivity index (χ4v) is 3.59. The molecule has 3 rings (SSSR count). The molecular weight excluding hydrogens is 330 g/mol. The van der Waals surface area contributed by atoms with E-state index < -0.39 is 0 Å². The van der Waals surface area contributed by atoms with Gasteiger partial charge in [-0.3, -0.25) is 14.5 Å². The van der Waals surface area contributed by atoms with Gasteiger partial charge in [-0.15, -0.1) is 0 Å². The van der Waals surface area contributed by atoms with Crippen LogP contribution in [0.5, 0.6) is 0 Å². The van der Waals surface area contributed by atoms with E-state index in [0.29, 0.717) is 18.5 Å². The SMILES string of the molecule is CN(C)C(=O)C1CCC(CNC(=O)c2ccc(CN3CCCC3)cc2)O1. The van der Waals surface area contributed by atoms with Crippen LogP contribution < -0.4 is 5.32 Å². The van der Waals surface area contributed by atoms with Crippen LogP contribution in [0.4, 0.5) is 0 Å². The molecular formula is C20H29N3O3. The predicted molar refractivity (Wildman–Crippen MR) is 99.9 cm³/mol. The molecule has 1 aromatic rings. The molecule has 0 aromatic heterocycles. The van der Waals surface area contributed by atoms with Gasteiger partial charge in [0.05, 0.1) is 6.10 Å². The highest BCUT2D eigenvalue weighted by Crippen LogP contribution is 2.20. The van der Waals surface area contributed by atoms with Gasteiger partial charge < -0.3 is 15.0 Å². The number of likely N-dealkylation sites (tertiary alicyclic amines) is 1. The van der Waals surface area contributed by atoms with E-state index in [4.69, 9.17) is 4.74 Å². The summed E-state index contributed by atoms with van der Waals surface area (Å²) in [5, 5.41) is 2.92. The summed E-state index contributed by atoms with van der Waals surface area (Å²) in [5.41, 5.74) is 1.90. The third-order valence-electron chi connectivity index (χ3n) is 5.14. The molecule has 0 saturated carbocycles. The first-order valence-electron chi connectivity index (χ1n) is 9.49. The maximum atomic E-state index is 12.3. The van der Waals surface area contributed by atoms with Gasteiger partial charge in [-0.05, 0) is 56.5 Å². The van der Waals surface area contributed by atoms with Crippen molar-refractivity contribution >= 4 is 11.8 Å². The molecule has 26 heavy (non-hydrogen) atoms. The number of nitrogens with one attached hydrogen (secondary N) is 1. The molecule has 1 N–H and O–H groups in total. The molecule has 1 aromatic carbocycles. The van der Waals surface area contributed by atoms with Crippen LogP contribution in [-0.2, 0) is 16.1 Å². The zero-order chi connectivity index (χ0) is 18.5. The first-order chi connectivity index (χ1) is 12.5. The molecule has 0 radical (unpaired) electrons. The van der Waals surface area contributed by atoms with Crippen LogP contribution in [0.25, 0.3) is 0 Å². The van der Waals surface area contributed by atoms with E-state index in [0.717, 1.165) is 13.0 Å². The van der Waals surface area contributed by atoms with E-state index in [2.05, 4.69) is 10.2 Å². The van der Waals surface area contributed by atoms with Crippen LogP contribution in [0.2, 0.25) is 0 Å². The van der Waals surface area contributed by atoms with Crippen LogP contribution >= 0.6 is 0 Å². The molecule has 2 heterocycles. The van der Waals surface area contributed by atoms with Gasteiger partial charge in [0.2, 0.25) is 0 Å². The van der Waals surface area contributed by atoms with Crippen molar-refractivity contribution in [3.63, 3.8) is 0 Å². The minimum absolute atomic E-state index is 0.00702. The van der Waals surface area contributed by atoms with Crippen molar-refractivity contribution in [2.24, 2.45) is 0 Å². The lowest BCUT2D eigenvalue weighted by Gasteiger charge is -2.17. The number of carbonyl (C=O) groups is 2. The topological polar surface area (TPSA) is 61.9 Å². The molecule has 6 nitrogen and oxygen atoms in total. The van der Waals surface area contributed by atoms with Crippen molar-refractivity contribution in [1.29, 1.82) is 0 Å². The third kappa shape index (κ3) is 4.83. The Morgan fingerprint density at radius 3 is 2.50 bits per heavy atom. The van der Waals surface area contributed by atoms with Gasteiger partial charge in [-0.2, -0.15) is 0 Å². The van der Waals surface area contributed by atoms with E-state index in [9.17, 15) is 9.59 Å².